The number of hydrogen-bond acceptors (Lipinski definition) is 5. The van der Waals surface area contributed by atoms with Crippen molar-refractivity contribution in [1.82, 2.24) is 4.72 Å². The molecule has 1 aromatic carbocycles. The van der Waals surface area contributed by atoms with Gasteiger partial charge in [0.05, 0.1) is 23.4 Å². The quantitative estimate of drug-likeness (QED) is 0.644. The summed E-state index contributed by atoms with van der Waals surface area (Å²) in [5, 5.41) is 17.6. The second-order valence-electron chi connectivity index (χ2n) is 3.57. The van der Waals surface area contributed by atoms with Crippen LogP contribution in [0.3, 0.4) is 0 Å². The molecule has 17 heavy (non-hydrogen) atoms. The topological polar surface area (TPSA) is 116 Å². The zero-order valence-corrected chi connectivity index (χ0v) is 10.0. The summed E-state index contributed by atoms with van der Waals surface area (Å²) in [7, 11) is -3.76. The molecule has 0 amide bonds. The largest absolute Gasteiger partial charge is 0.398 e. The van der Waals surface area contributed by atoms with Gasteiger partial charge in [-0.25, -0.2) is 13.1 Å². The number of rotatable bonds is 4. The van der Waals surface area contributed by atoms with Crippen molar-refractivity contribution < 1.29 is 13.5 Å². The van der Waals surface area contributed by atoms with Crippen LogP contribution in [0.25, 0.3) is 0 Å². The molecule has 1 aromatic rings. The summed E-state index contributed by atoms with van der Waals surface area (Å²) >= 11 is 0. The van der Waals surface area contributed by atoms with Crippen molar-refractivity contribution in [2.75, 3.05) is 12.3 Å². The third kappa shape index (κ3) is 3.42. The normalized spacial score (nSPS) is 13.0. The Labute approximate surface area is 99.7 Å². The Balaban J connectivity index is 3.04. The fourth-order valence-corrected chi connectivity index (χ4v) is 2.40. The Hall–Kier alpha value is -1.62. The molecule has 0 bridgehead atoms. The molecular weight excluding hydrogens is 242 g/mol. The van der Waals surface area contributed by atoms with Crippen LogP contribution in [-0.4, -0.2) is 26.2 Å². The summed E-state index contributed by atoms with van der Waals surface area (Å²) < 4.78 is 25.8. The van der Waals surface area contributed by atoms with E-state index in [2.05, 4.69) is 4.72 Å². The Kier molecular flexibility index (Phi) is 4.07. The minimum absolute atomic E-state index is 0.00198. The fraction of sp³-hybridized carbons (Fsp3) is 0.300. The van der Waals surface area contributed by atoms with E-state index in [1.165, 1.54) is 25.1 Å². The average molecular weight is 255 g/mol. The number of nitriles is 1. The predicted molar refractivity (Wildman–Crippen MR) is 62.4 cm³/mol. The number of aliphatic hydroxyl groups excluding tert-OH is 1. The van der Waals surface area contributed by atoms with E-state index in [0.717, 1.165) is 0 Å². The second-order valence-corrected chi connectivity index (χ2v) is 5.30. The van der Waals surface area contributed by atoms with Gasteiger partial charge in [-0.3, -0.25) is 0 Å². The zero-order valence-electron chi connectivity index (χ0n) is 9.21. The van der Waals surface area contributed by atoms with Gasteiger partial charge >= 0.3 is 0 Å². The van der Waals surface area contributed by atoms with E-state index in [0.29, 0.717) is 0 Å². The Bertz CT molecular complexity index is 546. The number of anilines is 1. The van der Waals surface area contributed by atoms with Crippen LogP contribution in [0.5, 0.6) is 0 Å². The maximum atomic E-state index is 11.8. The molecule has 4 N–H and O–H groups in total. The molecule has 6 nitrogen and oxygen atoms in total. The molecule has 0 aromatic heterocycles. The van der Waals surface area contributed by atoms with E-state index in [4.69, 9.17) is 16.1 Å². The first-order valence-corrected chi connectivity index (χ1v) is 6.32. The van der Waals surface area contributed by atoms with Crippen LogP contribution < -0.4 is 10.5 Å². The minimum atomic E-state index is -3.76. The summed E-state index contributed by atoms with van der Waals surface area (Å²) in [5.74, 6) is 0. The Morgan fingerprint density at radius 2 is 2.24 bits per heavy atom. The third-order valence-corrected chi connectivity index (χ3v) is 3.49. The van der Waals surface area contributed by atoms with Gasteiger partial charge in [-0.15, -0.1) is 0 Å². The molecule has 7 heteroatoms. The first kappa shape index (κ1) is 13.4. The Morgan fingerprint density at radius 1 is 1.59 bits per heavy atom. The van der Waals surface area contributed by atoms with Gasteiger partial charge in [-0.2, -0.15) is 5.26 Å². The number of sulfonamides is 1. The molecular formula is C10H13N3O3S. The number of hydrogen-bond donors (Lipinski definition) is 3. The van der Waals surface area contributed by atoms with Crippen molar-refractivity contribution in [2.45, 2.75) is 17.9 Å². The van der Waals surface area contributed by atoms with E-state index in [-0.39, 0.29) is 22.7 Å². The fourth-order valence-electron chi connectivity index (χ4n) is 1.17. The Morgan fingerprint density at radius 3 is 2.71 bits per heavy atom. The highest BCUT2D eigenvalue weighted by atomic mass is 32.2. The SMILES string of the molecule is C[C@@H](O)CNS(=O)(=O)c1ccc(C#N)cc1N. The molecule has 0 radical (unpaired) electrons. The highest BCUT2D eigenvalue weighted by molar-refractivity contribution is 7.89. The third-order valence-electron chi connectivity index (χ3n) is 2.00. The van der Waals surface area contributed by atoms with Crippen molar-refractivity contribution >= 4 is 15.7 Å². The number of nitrogens with one attached hydrogen (secondary N) is 1. The molecule has 0 aliphatic rings. The summed E-state index contributed by atoms with van der Waals surface area (Å²) in [6, 6.07) is 5.78. The molecule has 0 heterocycles. The van der Waals surface area contributed by atoms with Gasteiger partial charge in [-0.05, 0) is 25.1 Å². The highest BCUT2D eigenvalue weighted by Gasteiger charge is 2.17. The van der Waals surface area contributed by atoms with E-state index < -0.39 is 16.1 Å². The molecule has 0 aliphatic heterocycles. The lowest BCUT2D eigenvalue weighted by molar-refractivity contribution is 0.198. The van der Waals surface area contributed by atoms with Gasteiger partial charge in [0.15, 0.2) is 0 Å². The standard InChI is InChI=1S/C10H13N3O3S/c1-7(14)6-13-17(15,16)10-3-2-8(5-11)4-9(10)12/h2-4,7,13-14H,6,12H2,1H3/t7-/m1/s1. The van der Waals surface area contributed by atoms with Crippen molar-refractivity contribution in [1.29, 1.82) is 5.26 Å². The van der Waals surface area contributed by atoms with Crippen LogP contribution in [0.1, 0.15) is 12.5 Å². The van der Waals surface area contributed by atoms with Crippen LogP contribution in [0, 0.1) is 11.3 Å². The van der Waals surface area contributed by atoms with Crippen molar-refractivity contribution in [3.8, 4) is 6.07 Å². The summed E-state index contributed by atoms with van der Waals surface area (Å²) in [6.07, 6.45) is -0.788. The van der Waals surface area contributed by atoms with Gasteiger partial charge in [-0.1, -0.05) is 0 Å². The van der Waals surface area contributed by atoms with Crippen LogP contribution in [-0.2, 0) is 10.0 Å². The number of aliphatic hydroxyl groups is 1. The lowest BCUT2D eigenvalue weighted by atomic mass is 10.2. The van der Waals surface area contributed by atoms with Crippen LogP contribution >= 0.6 is 0 Å². The number of nitrogens with zero attached hydrogens (tertiary/aromatic N) is 1. The van der Waals surface area contributed by atoms with E-state index in [9.17, 15) is 8.42 Å². The lowest BCUT2D eigenvalue weighted by Crippen LogP contribution is -2.31. The van der Waals surface area contributed by atoms with E-state index >= 15 is 0 Å². The van der Waals surface area contributed by atoms with Crippen molar-refractivity contribution in [2.24, 2.45) is 0 Å². The van der Waals surface area contributed by atoms with Crippen LogP contribution in [0.4, 0.5) is 5.69 Å². The van der Waals surface area contributed by atoms with Crippen molar-refractivity contribution in [3.05, 3.63) is 23.8 Å². The maximum absolute atomic E-state index is 11.8. The first-order chi connectivity index (χ1) is 7.86. The number of nitrogens with two attached hydrogens (primary N) is 1. The molecule has 0 saturated carbocycles. The molecule has 0 spiro atoms. The molecule has 1 rings (SSSR count). The molecule has 1 atom stereocenters. The minimum Gasteiger partial charge on any atom is -0.398 e. The highest BCUT2D eigenvalue weighted by Crippen LogP contribution is 2.19. The van der Waals surface area contributed by atoms with E-state index in [1.54, 1.807) is 0 Å². The summed E-state index contributed by atoms with van der Waals surface area (Å²) in [5.41, 5.74) is 5.85. The lowest BCUT2D eigenvalue weighted by Gasteiger charge is -2.10. The van der Waals surface area contributed by atoms with Crippen molar-refractivity contribution in [3.63, 3.8) is 0 Å². The number of nitrogen functional groups attached to an aromatic ring is 1. The summed E-state index contributed by atoms with van der Waals surface area (Å²) in [4.78, 5) is -0.0999. The maximum Gasteiger partial charge on any atom is 0.242 e. The summed E-state index contributed by atoms with van der Waals surface area (Å²) in [6.45, 7) is 1.37. The zero-order chi connectivity index (χ0) is 13.1. The molecule has 0 aliphatic carbocycles. The monoisotopic (exact) mass is 255 g/mol. The average Bonchev–Trinajstić information content (AvgIpc) is 2.26. The van der Waals surface area contributed by atoms with Gasteiger partial charge < -0.3 is 10.8 Å². The van der Waals surface area contributed by atoms with Gasteiger partial charge in [0.25, 0.3) is 0 Å². The van der Waals surface area contributed by atoms with E-state index in [1.807, 2.05) is 6.07 Å². The molecule has 0 unspecified atom stereocenters. The van der Waals surface area contributed by atoms with Gasteiger partial charge in [0.1, 0.15) is 4.90 Å². The second kappa shape index (κ2) is 5.14. The smallest absolute Gasteiger partial charge is 0.242 e. The molecule has 0 fully saturated rings. The molecule has 0 saturated heterocycles. The van der Waals surface area contributed by atoms with Gasteiger partial charge in [0, 0.05) is 6.54 Å². The van der Waals surface area contributed by atoms with Crippen LogP contribution in [0.15, 0.2) is 23.1 Å². The van der Waals surface area contributed by atoms with Crippen LogP contribution in [0.2, 0.25) is 0 Å². The number of benzene rings is 1. The predicted octanol–water partition coefficient (Wildman–Crippen LogP) is -0.200. The first-order valence-electron chi connectivity index (χ1n) is 4.84. The van der Waals surface area contributed by atoms with Gasteiger partial charge in [0.2, 0.25) is 10.0 Å². The molecule has 92 valence electrons.